The monoisotopic (exact) mass is 570 g/mol. The summed E-state index contributed by atoms with van der Waals surface area (Å²) < 4.78 is 65.2. The van der Waals surface area contributed by atoms with Crippen LogP contribution in [0.1, 0.15) is 19.4 Å². The van der Waals surface area contributed by atoms with Crippen LogP contribution in [0.5, 0.6) is 0 Å². The van der Waals surface area contributed by atoms with Crippen LogP contribution in [0.3, 0.4) is 0 Å². The van der Waals surface area contributed by atoms with E-state index in [9.17, 15) is 13.2 Å². The third-order valence-electron chi connectivity index (χ3n) is 5.92. The molecule has 0 aliphatic carbocycles. The second-order valence-corrected chi connectivity index (χ2v) is 10.9. The Morgan fingerprint density at radius 1 is 1.03 bits per heavy atom. The lowest BCUT2D eigenvalue weighted by molar-refractivity contribution is -0.270. The van der Waals surface area contributed by atoms with Gasteiger partial charge in [0.15, 0.2) is 0 Å². The van der Waals surface area contributed by atoms with E-state index >= 15 is 0 Å². The van der Waals surface area contributed by atoms with Crippen LogP contribution in [0.25, 0.3) is 10.4 Å². The van der Waals surface area contributed by atoms with Gasteiger partial charge in [-0.05, 0) is 35.1 Å². The lowest BCUT2D eigenvalue weighted by atomic mass is 9.83. The summed E-state index contributed by atoms with van der Waals surface area (Å²) in [6, 6.07) is 17.1. The van der Waals surface area contributed by atoms with Crippen molar-refractivity contribution in [3.05, 3.63) is 76.7 Å². The predicted molar refractivity (Wildman–Crippen MR) is 143 cm³/mol. The van der Waals surface area contributed by atoms with Gasteiger partial charge in [-0.3, -0.25) is 0 Å². The molecule has 8 nitrogen and oxygen atoms in total. The van der Waals surface area contributed by atoms with Crippen LogP contribution < -0.4 is 0 Å². The molecule has 1 saturated heterocycles. The average Bonchev–Trinajstić information content (AvgIpc) is 2.90. The van der Waals surface area contributed by atoms with Crippen molar-refractivity contribution >= 4 is 33.2 Å². The summed E-state index contributed by atoms with van der Waals surface area (Å²) >= 11 is 0. The van der Waals surface area contributed by atoms with E-state index in [0.717, 1.165) is 5.56 Å². The van der Waals surface area contributed by atoms with Crippen molar-refractivity contribution in [2.24, 2.45) is 21.9 Å². The highest BCUT2D eigenvalue weighted by Gasteiger charge is 2.47. The molecule has 0 radical (unpaired) electrons. The number of hydrogen-bond donors (Lipinski definition) is 0. The molecule has 2 aromatic carbocycles. The first-order chi connectivity index (χ1) is 18.3. The zero-order valence-corrected chi connectivity index (χ0v) is 22.5. The Hall–Kier alpha value is -2.41. The van der Waals surface area contributed by atoms with Gasteiger partial charge in [-0.2, -0.15) is 13.2 Å². The van der Waals surface area contributed by atoms with Gasteiger partial charge in [0.1, 0.15) is 12.0 Å². The summed E-state index contributed by atoms with van der Waals surface area (Å²) in [5, 5.41) is 3.43. The van der Waals surface area contributed by atoms with Gasteiger partial charge in [-0.1, -0.05) is 89.1 Å². The molecule has 1 fully saturated rings. The van der Waals surface area contributed by atoms with E-state index in [4.69, 9.17) is 24.5 Å². The number of rotatable bonds is 12. The van der Waals surface area contributed by atoms with E-state index in [2.05, 4.69) is 15.0 Å². The first kappa shape index (κ1) is 30.1. The van der Waals surface area contributed by atoms with Gasteiger partial charge >= 0.3 is 6.18 Å². The maximum Gasteiger partial charge on any atom is 0.468 e. The number of nitrogens with zero attached hydrogens (tertiary/aromatic N) is 4. The minimum atomic E-state index is -4.85. The number of hydrogen-bond acceptors (Lipinski definition) is 8. The van der Waals surface area contributed by atoms with E-state index in [-0.39, 0.29) is 42.6 Å². The van der Waals surface area contributed by atoms with E-state index in [1.54, 1.807) is 18.2 Å². The molecule has 38 heavy (non-hydrogen) atoms. The van der Waals surface area contributed by atoms with Gasteiger partial charge in [0.05, 0.1) is 30.9 Å². The van der Waals surface area contributed by atoms with Crippen molar-refractivity contribution < 1.29 is 32.1 Å². The van der Waals surface area contributed by atoms with Gasteiger partial charge in [0.25, 0.3) is 5.90 Å². The standard InChI is InChI=1S/C25H29F3N4O4S2/c1-17-18(2)22(34-13-19-9-5-3-6-10-19)23(35-21(17)14-33-16-38-37-15-30-32-29)36-24(25(26,27)28)31-20-11-7-4-8-12-20/h3-12,17-18,21-23H,13-16H2,1-2H3/t17-,18-,21?,22?,23+/m0/s1. The fourth-order valence-electron chi connectivity index (χ4n) is 3.75. The molecule has 3 rings (SSSR count). The molecule has 0 spiro atoms. The second kappa shape index (κ2) is 15.2. The van der Waals surface area contributed by atoms with Gasteiger partial charge < -0.3 is 18.9 Å². The number of halogens is 3. The smallest absolute Gasteiger partial charge is 0.441 e. The summed E-state index contributed by atoms with van der Waals surface area (Å²) in [6.07, 6.45) is -7.55. The number of alkyl halides is 3. The summed E-state index contributed by atoms with van der Waals surface area (Å²) in [6.45, 7) is 4.17. The molecule has 2 aromatic rings. The van der Waals surface area contributed by atoms with Gasteiger partial charge in [-0.15, -0.1) is 0 Å². The quantitative estimate of drug-likeness (QED) is 0.0383. The molecule has 0 bridgehead atoms. The molecule has 0 N–H and O–H groups in total. The van der Waals surface area contributed by atoms with Crippen LogP contribution >= 0.6 is 21.6 Å². The topological polar surface area (TPSA) is 98.0 Å². The van der Waals surface area contributed by atoms with Crippen molar-refractivity contribution in [2.75, 3.05) is 18.4 Å². The molecule has 1 aliphatic heterocycles. The summed E-state index contributed by atoms with van der Waals surface area (Å²) in [5.74, 6) is -1.18. The Balaban J connectivity index is 1.76. The van der Waals surface area contributed by atoms with Crippen molar-refractivity contribution in [2.45, 2.75) is 45.1 Å². The molecule has 2 unspecified atom stereocenters. The normalized spacial score (nSPS) is 24.0. The molecule has 0 amide bonds. The maximum atomic E-state index is 14.0. The third-order valence-corrected chi connectivity index (χ3v) is 7.68. The Labute approximate surface area is 227 Å². The summed E-state index contributed by atoms with van der Waals surface area (Å²) in [7, 11) is 2.68. The molecule has 1 heterocycles. The van der Waals surface area contributed by atoms with E-state index < -0.39 is 30.6 Å². The highest BCUT2D eigenvalue weighted by atomic mass is 33.1. The molecule has 5 atom stereocenters. The highest BCUT2D eigenvalue weighted by Crippen LogP contribution is 2.36. The van der Waals surface area contributed by atoms with Crippen LogP contribution in [0.15, 0.2) is 70.8 Å². The minimum absolute atomic E-state index is 0.100. The minimum Gasteiger partial charge on any atom is -0.441 e. The molecular weight excluding hydrogens is 541 g/mol. The number of para-hydroxylation sites is 1. The molecule has 13 heteroatoms. The maximum absolute atomic E-state index is 14.0. The molecule has 1 aliphatic rings. The predicted octanol–water partition coefficient (Wildman–Crippen LogP) is 7.50. The van der Waals surface area contributed by atoms with Crippen LogP contribution in [0, 0.1) is 11.8 Å². The average molecular weight is 571 g/mol. The fourth-order valence-corrected chi connectivity index (χ4v) is 4.93. The fraction of sp³-hybridized carbons (Fsp3) is 0.480. The highest BCUT2D eigenvalue weighted by molar-refractivity contribution is 8.76. The van der Waals surface area contributed by atoms with Crippen LogP contribution in [-0.4, -0.2) is 49.0 Å². The van der Waals surface area contributed by atoms with Gasteiger partial charge in [-0.25, -0.2) is 4.99 Å². The molecule has 206 valence electrons. The summed E-state index contributed by atoms with van der Waals surface area (Å²) in [4.78, 5) is 6.40. The van der Waals surface area contributed by atoms with Crippen molar-refractivity contribution in [1.82, 2.24) is 0 Å². The number of ether oxygens (including phenoxy) is 4. The molecule has 0 saturated carbocycles. The molecular formula is C25H29F3N4O4S2. The lowest BCUT2D eigenvalue weighted by Gasteiger charge is -2.44. The van der Waals surface area contributed by atoms with Crippen LogP contribution in [0.4, 0.5) is 18.9 Å². The van der Waals surface area contributed by atoms with Crippen molar-refractivity contribution in [3.63, 3.8) is 0 Å². The van der Waals surface area contributed by atoms with E-state index in [1.807, 2.05) is 44.2 Å². The largest absolute Gasteiger partial charge is 0.468 e. The lowest BCUT2D eigenvalue weighted by Crippen LogP contribution is -2.54. The number of benzene rings is 2. The van der Waals surface area contributed by atoms with Crippen LogP contribution in [-0.2, 0) is 25.6 Å². The van der Waals surface area contributed by atoms with E-state index in [1.165, 1.54) is 33.7 Å². The second-order valence-electron chi connectivity index (χ2n) is 8.47. The Kier molecular flexibility index (Phi) is 12.1. The zero-order chi connectivity index (χ0) is 27.4. The summed E-state index contributed by atoms with van der Waals surface area (Å²) in [5.41, 5.74) is 9.31. The first-order valence-electron chi connectivity index (χ1n) is 11.8. The van der Waals surface area contributed by atoms with E-state index in [0.29, 0.717) is 0 Å². The number of aliphatic imine (C=N–C) groups is 1. The van der Waals surface area contributed by atoms with Crippen molar-refractivity contribution in [1.29, 1.82) is 0 Å². The van der Waals surface area contributed by atoms with Crippen molar-refractivity contribution in [3.8, 4) is 0 Å². The Bertz CT molecular complexity index is 1060. The first-order valence-corrected chi connectivity index (χ1v) is 14.3. The number of azide groups is 1. The SMILES string of the molecule is C[C@@H]1C(COCSSCN=[N+]=[N-])O[C@H](OC(=Nc2ccccc2)C(F)(F)F)C(OCc2ccccc2)[C@H]1C. The Morgan fingerprint density at radius 3 is 2.37 bits per heavy atom. The zero-order valence-electron chi connectivity index (χ0n) is 20.9. The molecule has 0 aromatic heterocycles. The Morgan fingerprint density at radius 2 is 1.71 bits per heavy atom. The van der Waals surface area contributed by atoms with Gasteiger partial charge in [0, 0.05) is 4.91 Å². The van der Waals surface area contributed by atoms with Gasteiger partial charge in [0.2, 0.25) is 6.29 Å². The third kappa shape index (κ3) is 9.40. The van der Waals surface area contributed by atoms with Crippen LogP contribution in [0.2, 0.25) is 0 Å².